The maximum atomic E-state index is 13.2. The van der Waals surface area contributed by atoms with E-state index in [1.165, 1.54) is 0 Å². The number of methoxy groups -OCH3 is 1. The Morgan fingerprint density at radius 1 is 1.17 bits per heavy atom. The number of alkyl halides is 6. The van der Waals surface area contributed by atoms with Crippen molar-refractivity contribution in [2.24, 2.45) is 5.92 Å². The second-order valence-electron chi connectivity index (χ2n) is 5.72. The average molecular weight is 356 g/mol. The van der Waals surface area contributed by atoms with Crippen LogP contribution in [0.2, 0.25) is 0 Å². The second kappa shape index (κ2) is 5.56. The fourth-order valence-electron chi connectivity index (χ4n) is 2.85. The maximum Gasteiger partial charge on any atom is 0.428 e. The molecule has 0 N–H and O–H groups in total. The van der Waals surface area contributed by atoms with E-state index in [1.807, 2.05) is 0 Å². The van der Waals surface area contributed by atoms with E-state index in [-0.39, 0.29) is 5.56 Å². The lowest BCUT2D eigenvalue weighted by atomic mass is 9.79. The van der Waals surface area contributed by atoms with Crippen molar-refractivity contribution in [3.8, 4) is 5.75 Å². The Balaban J connectivity index is 2.59. The Hall–Kier alpha value is -1.93. The molecular weight excluding hydrogens is 342 g/mol. The van der Waals surface area contributed by atoms with Gasteiger partial charge >= 0.3 is 18.3 Å². The Kier molecular flexibility index (Phi) is 4.26. The molecule has 0 aliphatic carbocycles. The Bertz CT molecular complexity index is 652. The van der Waals surface area contributed by atoms with Crippen LogP contribution < -0.4 is 4.74 Å². The molecule has 0 radical (unpaired) electrons. The number of ether oxygens (including phenoxy) is 2. The predicted molar refractivity (Wildman–Crippen MR) is 70.5 cm³/mol. The highest BCUT2D eigenvalue weighted by Crippen LogP contribution is 2.53. The molecule has 2 rings (SSSR count). The van der Waals surface area contributed by atoms with Crippen LogP contribution in [0.3, 0.4) is 0 Å². The van der Waals surface area contributed by atoms with Crippen molar-refractivity contribution in [3.05, 3.63) is 29.3 Å². The highest BCUT2D eigenvalue weighted by atomic mass is 19.4. The summed E-state index contributed by atoms with van der Waals surface area (Å²) in [7, 11) is 0.960. The van der Waals surface area contributed by atoms with Gasteiger partial charge in [-0.3, -0.25) is 4.79 Å². The molecule has 1 aliphatic rings. The molecule has 1 aromatic carbocycles. The highest BCUT2D eigenvalue weighted by Gasteiger charge is 2.65. The number of carbonyl (C=O) groups excluding carboxylic acids is 1. The van der Waals surface area contributed by atoms with Gasteiger partial charge in [-0.2, -0.15) is 26.3 Å². The first-order chi connectivity index (χ1) is 10.8. The number of para-hydroxylation sites is 1. The third-order valence-electron chi connectivity index (χ3n) is 4.39. The number of halogens is 6. The summed E-state index contributed by atoms with van der Waals surface area (Å²) >= 11 is 0. The number of hydrogen-bond acceptors (Lipinski definition) is 3. The van der Waals surface area contributed by atoms with E-state index < -0.39 is 47.1 Å². The molecule has 3 atom stereocenters. The molecule has 0 saturated carbocycles. The van der Waals surface area contributed by atoms with Crippen molar-refractivity contribution in [2.45, 2.75) is 37.7 Å². The SMILES string of the molecule is COc1c([C@H]2C(=O)O[C@@](C)(C(F)(F)F)[C@H]2C)cccc1C(F)(F)F. The first kappa shape index (κ1) is 18.4. The lowest BCUT2D eigenvalue weighted by Gasteiger charge is -2.30. The molecule has 0 spiro atoms. The number of hydrogen-bond donors (Lipinski definition) is 0. The van der Waals surface area contributed by atoms with Gasteiger partial charge in [0, 0.05) is 11.5 Å². The van der Waals surface area contributed by atoms with Crippen LogP contribution in [0.15, 0.2) is 18.2 Å². The summed E-state index contributed by atoms with van der Waals surface area (Å²) in [5, 5.41) is 0. The molecule has 0 aromatic heterocycles. The molecule has 134 valence electrons. The van der Waals surface area contributed by atoms with E-state index in [2.05, 4.69) is 4.74 Å². The van der Waals surface area contributed by atoms with Gasteiger partial charge in [0.1, 0.15) is 5.75 Å². The molecular formula is C15H14F6O3. The van der Waals surface area contributed by atoms with Crippen molar-refractivity contribution in [3.63, 3.8) is 0 Å². The molecule has 1 heterocycles. The number of benzene rings is 1. The zero-order valence-corrected chi connectivity index (χ0v) is 12.9. The minimum atomic E-state index is -4.86. The Morgan fingerprint density at radius 2 is 1.75 bits per heavy atom. The predicted octanol–water partition coefficient (Wildman–Crippen LogP) is 4.31. The van der Waals surface area contributed by atoms with Crippen LogP contribution in [-0.2, 0) is 15.7 Å². The summed E-state index contributed by atoms with van der Waals surface area (Å²) in [5.41, 5.74) is -4.23. The molecule has 1 aliphatic heterocycles. The van der Waals surface area contributed by atoms with Crippen LogP contribution in [0, 0.1) is 5.92 Å². The molecule has 1 aromatic rings. The minimum Gasteiger partial charge on any atom is -0.496 e. The van der Waals surface area contributed by atoms with Crippen LogP contribution in [0.4, 0.5) is 26.3 Å². The second-order valence-corrected chi connectivity index (χ2v) is 5.72. The molecule has 0 amide bonds. The third kappa shape index (κ3) is 2.69. The standard InChI is InChI=1S/C15H14F6O3/c1-7-10(12(22)24-13(7,2)15(19,20)21)8-5-4-6-9(11(8)23-3)14(16,17)18/h4-7,10H,1-3H3/t7-,10-,13+/m0/s1. The average Bonchev–Trinajstić information content (AvgIpc) is 2.67. The van der Waals surface area contributed by atoms with Gasteiger partial charge < -0.3 is 9.47 Å². The Morgan fingerprint density at radius 3 is 2.17 bits per heavy atom. The minimum absolute atomic E-state index is 0.280. The number of cyclic esters (lactones) is 1. The normalized spacial score (nSPS) is 28.0. The van der Waals surface area contributed by atoms with Gasteiger partial charge in [0.2, 0.25) is 5.60 Å². The first-order valence-electron chi connectivity index (χ1n) is 6.88. The molecule has 0 bridgehead atoms. The van der Waals surface area contributed by atoms with Crippen LogP contribution in [-0.4, -0.2) is 24.9 Å². The molecule has 24 heavy (non-hydrogen) atoms. The number of carbonyl (C=O) groups is 1. The van der Waals surface area contributed by atoms with Gasteiger partial charge in [-0.1, -0.05) is 19.1 Å². The van der Waals surface area contributed by atoms with E-state index in [4.69, 9.17) is 4.74 Å². The van der Waals surface area contributed by atoms with Gasteiger partial charge in [0.25, 0.3) is 0 Å². The molecule has 0 unspecified atom stereocenters. The van der Waals surface area contributed by atoms with Gasteiger partial charge in [-0.25, -0.2) is 0 Å². The van der Waals surface area contributed by atoms with E-state index in [1.54, 1.807) is 0 Å². The van der Waals surface area contributed by atoms with Gasteiger partial charge in [-0.05, 0) is 13.0 Å². The summed E-state index contributed by atoms with van der Waals surface area (Å²) < 4.78 is 88.1. The maximum absolute atomic E-state index is 13.2. The smallest absolute Gasteiger partial charge is 0.428 e. The quantitative estimate of drug-likeness (QED) is 0.585. The summed E-state index contributed by atoms with van der Waals surface area (Å²) in [5.74, 6) is -4.86. The van der Waals surface area contributed by atoms with Crippen LogP contribution in [0.25, 0.3) is 0 Å². The van der Waals surface area contributed by atoms with E-state index in [0.717, 1.165) is 32.2 Å². The molecule has 9 heteroatoms. The van der Waals surface area contributed by atoms with Crippen LogP contribution in [0.1, 0.15) is 30.9 Å². The van der Waals surface area contributed by atoms with Crippen molar-refractivity contribution in [1.82, 2.24) is 0 Å². The van der Waals surface area contributed by atoms with Crippen molar-refractivity contribution in [1.29, 1.82) is 0 Å². The highest BCUT2D eigenvalue weighted by molar-refractivity contribution is 5.83. The van der Waals surface area contributed by atoms with E-state index in [9.17, 15) is 31.1 Å². The topological polar surface area (TPSA) is 35.5 Å². The zero-order valence-electron chi connectivity index (χ0n) is 12.9. The van der Waals surface area contributed by atoms with Crippen molar-refractivity contribution < 1.29 is 40.6 Å². The summed E-state index contributed by atoms with van der Waals surface area (Å²) in [6.07, 6.45) is -9.63. The molecule has 1 saturated heterocycles. The van der Waals surface area contributed by atoms with Gasteiger partial charge in [-0.15, -0.1) is 0 Å². The fraction of sp³-hybridized carbons (Fsp3) is 0.533. The first-order valence-corrected chi connectivity index (χ1v) is 6.88. The largest absolute Gasteiger partial charge is 0.496 e. The summed E-state index contributed by atoms with van der Waals surface area (Å²) in [6.45, 7) is 1.82. The van der Waals surface area contributed by atoms with E-state index >= 15 is 0 Å². The van der Waals surface area contributed by atoms with Gasteiger partial charge in [0.05, 0.1) is 18.6 Å². The van der Waals surface area contributed by atoms with E-state index in [0.29, 0.717) is 6.92 Å². The number of esters is 1. The van der Waals surface area contributed by atoms with Crippen molar-refractivity contribution >= 4 is 5.97 Å². The lowest BCUT2D eigenvalue weighted by molar-refractivity contribution is -0.262. The fourth-order valence-corrected chi connectivity index (χ4v) is 2.85. The molecule has 1 fully saturated rings. The Labute approximate surface area is 133 Å². The molecule has 3 nitrogen and oxygen atoms in total. The lowest BCUT2D eigenvalue weighted by Crippen LogP contribution is -2.46. The number of rotatable bonds is 2. The monoisotopic (exact) mass is 356 g/mol. The summed E-state index contributed by atoms with van der Waals surface area (Å²) in [6, 6.07) is 2.89. The van der Waals surface area contributed by atoms with Crippen LogP contribution in [0.5, 0.6) is 5.75 Å². The van der Waals surface area contributed by atoms with Crippen molar-refractivity contribution in [2.75, 3.05) is 7.11 Å². The third-order valence-corrected chi connectivity index (χ3v) is 4.39. The summed E-state index contributed by atoms with van der Waals surface area (Å²) in [4.78, 5) is 12.0. The van der Waals surface area contributed by atoms with Crippen LogP contribution >= 0.6 is 0 Å². The zero-order chi connectivity index (χ0) is 18.5. The van der Waals surface area contributed by atoms with Gasteiger partial charge in [0.15, 0.2) is 0 Å².